The summed E-state index contributed by atoms with van der Waals surface area (Å²) in [6.45, 7) is 10.5. The molecule has 120 valence electrons. The van der Waals surface area contributed by atoms with Crippen LogP contribution in [0.4, 0.5) is 5.69 Å². The van der Waals surface area contributed by atoms with Crippen molar-refractivity contribution in [2.75, 3.05) is 5.32 Å². The zero-order valence-corrected chi connectivity index (χ0v) is 14.8. The van der Waals surface area contributed by atoms with E-state index in [4.69, 9.17) is 17.0 Å². The first-order valence-corrected chi connectivity index (χ1v) is 8.19. The van der Waals surface area contributed by atoms with Gasteiger partial charge in [-0.2, -0.15) is 0 Å². The topological polar surface area (TPSA) is 21.3 Å². The van der Waals surface area contributed by atoms with Crippen molar-refractivity contribution in [2.45, 2.75) is 33.8 Å². The van der Waals surface area contributed by atoms with Crippen molar-refractivity contribution >= 4 is 29.0 Å². The van der Waals surface area contributed by atoms with Gasteiger partial charge >= 0.3 is 0 Å². The molecule has 3 heteroatoms. The summed E-state index contributed by atoms with van der Waals surface area (Å²) in [6.07, 6.45) is 2.65. The van der Waals surface area contributed by atoms with E-state index in [0.29, 0.717) is 6.61 Å². The van der Waals surface area contributed by atoms with Gasteiger partial charge < -0.3 is 10.1 Å². The van der Waals surface area contributed by atoms with Gasteiger partial charge in [0.2, 0.25) is 0 Å². The number of benzene rings is 2. The molecule has 0 aliphatic rings. The zero-order valence-electron chi connectivity index (χ0n) is 14.0. The van der Waals surface area contributed by atoms with Crippen molar-refractivity contribution in [3.05, 3.63) is 65.2 Å². The summed E-state index contributed by atoms with van der Waals surface area (Å²) in [5.41, 5.74) is 5.50. The lowest BCUT2D eigenvalue weighted by atomic mass is 10.1. The monoisotopic (exact) mass is 325 g/mol. The third-order valence-electron chi connectivity index (χ3n) is 3.67. The van der Waals surface area contributed by atoms with Gasteiger partial charge in [0.15, 0.2) is 0 Å². The van der Waals surface area contributed by atoms with Crippen molar-refractivity contribution in [1.82, 2.24) is 0 Å². The number of ether oxygens (including phenoxy) is 1. The molecule has 23 heavy (non-hydrogen) atoms. The van der Waals surface area contributed by atoms with E-state index < -0.39 is 0 Å². The van der Waals surface area contributed by atoms with Crippen LogP contribution < -0.4 is 10.1 Å². The first-order valence-electron chi connectivity index (χ1n) is 7.78. The largest absolute Gasteiger partial charge is 0.489 e. The predicted molar refractivity (Wildman–Crippen MR) is 103 cm³/mol. The van der Waals surface area contributed by atoms with Gasteiger partial charge in [0.05, 0.1) is 4.99 Å². The fourth-order valence-electron chi connectivity index (χ4n) is 2.34. The minimum atomic E-state index is 0.486. The molecular formula is C20H23NOS. The quantitative estimate of drug-likeness (QED) is 0.691. The highest BCUT2D eigenvalue weighted by atomic mass is 32.1. The molecule has 0 atom stereocenters. The van der Waals surface area contributed by atoms with Crippen molar-refractivity contribution < 1.29 is 4.74 Å². The lowest BCUT2D eigenvalue weighted by molar-refractivity contribution is 0.304. The Bertz CT molecular complexity index is 722. The average Bonchev–Trinajstić information content (AvgIpc) is 2.55. The maximum absolute atomic E-state index is 6.02. The average molecular weight is 325 g/mol. The Labute approximate surface area is 144 Å². The second-order valence-electron chi connectivity index (χ2n) is 5.58. The third kappa shape index (κ3) is 4.67. The molecule has 1 N–H and O–H groups in total. The maximum atomic E-state index is 6.02. The van der Waals surface area contributed by atoms with Crippen LogP contribution in [0.2, 0.25) is 0 Å². The minimum absolute atomic E-state index is 0.486. The highest BCUT2D eigenvalue weighted by molar-refractivity contribution is 7.80. The number of anilines is 1. The molecule has 0 fully saturated rings. The van der Waals surface area contributed by atoms with Crippen molar-refractivity contribution in [3.63, 3.8) is 0 Å². The van der Waals surface area contributed by atoms with Crippen molar-refractivity contribution in [1.29, 1.82) is 0 Å². The first-order chi connectivity index (χ1) is 11.0. The van der Waals surface area contributed by atoms with E-state index in [1.807, 2.05) is 31.2 Å². The molecule has 0 bridgehead atoms. The number of nitrogens with one attached hydrogen (secondary N) is 1. The molecule has 2 aromatic rings. The molecule has 0 amide bonds. The molecule has 0 heterocycles. The molecule has 0 spiro atoms. The van der Waals surface area contributed by atoms with Crippen LogP contribution in [0.5, 0.6) is 5.75 Å². The predicted octanol–water partition coefficient (Wildman–Crippen LogP) is 5.67. The fraction of sp³-hybridized carbons (Fsp3) is 0.250. The summed E-state index contributed by atoms with van der Waals surface area (Å²) in [6, 6.07) is 12.3. The second kappa shape index (κ2) is 7.93. The molecule has 0 radical (unpaired) electrons. The smallest absolute Gasteiger partial charge is 0.122 e. The van der Waals surface area contributed by atoms with E-state index in [1.165, 1.54) is 5.56 Å². The molecule has 0 aromatic heterocycles. The molecule has 2 aromatic carbocycles. The molecular weight excluding hydrogens is 302 g/mol. The highest BCUT2D eigenvalue weighted by Gasteiger charge is 2.07. The number of aryl methyl sites for hydroxylation is 2. The Balaban J connectivity index is 2.22. The van der Waals surface area contributed by atoms with Crippen LogP contribution in [0.25, 0.3) is 6.08 Å². The minimum Gasteiger partial charge on any atom is -0.489 e. The van der Waals surface area contributed by atoms with E-state index in [9.17, 15) is 0 Å². The summed E-state index contributed by atoms with van der Waals surface area (Å²) in [5.74, 6) is 0.906. The number of hydrogen-bond donors (Lipinski definition) is 1. The normalized spacial score (nSPS) is 10.2. The first kappa shape index (κ1) is 17.2. The van der Waals surface area contributed by atoms with Gasteiger partial charge in [-0.1, -0.05) is 55.6 Å². The van der Waals surface area contributed by atoms with Crippen LogP contribution in [-0.4, -0.2) is 4.99 Å². The van der Waals surface area contributed by atoms with Gasteiger partial charge in [0.25, 0.3) is 0 Å². The molecule has 2 nitrogen and oxygen atoms in total. The third-order valence-corrected chi connectivity index (χ3v) is 4.06. The van der Waals surface area contributed by atoms with Crippen molar-refractivity contribution in [2.24, 2.45) is 0 Å². The molecule has 0 aliphatic carbocycles. The lowest BCUT2D eigenvalue weighted by Gasteiger charge is -2.15. The van der Waals surface area contributed by atoms with Crippen molar-refractivity contribution in [3.8, 4) is 5.75 Å². The number of rotatable bonds is 6. The number of hydrogen-bond acceptors (Lipinski definition) is 2. The van der Waals surface area contributed by atoms with Gasteiger partial charge in [-0.15, -0.1) is 0 Å². The molecule has 0 aliphatic heterocycles. The van der Waals surface area contributed by atoms with E-state index >= 15 is 0 Å². The van der Waals surface area contributed by atoms with Crippen LogP contribution in [0.15, 0.2) is 43.0 Å². The Morgan fingerprint density at radius 2 is 2.00 bits per heavy atom. The Hall–Kier alpha value is -2.13. The summed E-state index contributed by atoms with van der Waals surface area (Å²) in [4.78, 5) is 0.823. The standard InChI is InChI=1S/C20H23NOS/c1-5-16-8-9-18(21-20(23)6-2)17(12-16)13-22-19-10-7-14(3)11-15(19)4/h5,7-12H,1,6,13H2,2-4H3,(H,21,23). The summed E-state index contributed by atoms with van der Waals surface area (Å²) >= 11 is 5.30. The maximum Gasteiger partial charge on any atom is 0.122 e. The van der Waals surface area contributed by atoms with Gasteiger partial charge in [-0.25, -0.2) is 0 Å². The molecule has 0 unspecified atom stereocenters. The Morgan fingerprint density at radius 1 is 1.22 bits per heavy atom. The lowest BCUT2D eigenvalue weighted by Crippen LogP contribution is -2.10. The highest BCUT2D eigenvalue weighted by Crippen LogP contribution is 2.24. The van der Waals surface area contributed by atoms with Crippen LogP contribution in [0.1, 0.15) is 35.6 Å². The Kier molecular flexibility index (Phi) is 5.94. The van der Waals surface area contributed by atoms with Gasteiger partial charge in [0.1, 0.15) is 12.4 Å². The Morgan fingerprint density at radius 3 is 2.65 bits per heavy atom. The second-order valence-corrected chi connectivity index (χ2v) is 6.07. The number of thiocarbonyl (C=S) groups is 1. The van der Waals surface area contributed by atoms with Crippen LogP contribution in [-0.2, 0) is 6.61 Å². The van der Waals surface area contributed by atoms with Gasteiger partial charge in [0, 0.05) is 11.3 Å². The van der Waals surface area contributed by atoms with Gasteiger partial charge in [-0.05, 0) is 49.6 Å². The van der Waals surface area contributed by atoms with Crippen LogP contribution in [0.3, 0.4) is 0 Å². The summed E-state index contributed by atoms with van der Waals surface area (Å²) < 4.78 is 6.02. The fourth-order valence-corrected chi connectivity index (χ4v) is 2.45. The van der Waals surface area contributed by atoms with Crippen LogP contribution >= 0.6 is 12.2 Å². The molecule has 0 saturated heterocycles. The molecule has 0 saturated carbocycles. The van der Waals surface area contributed by atoms with E-state index in [1.54, 1.807) is 0 Å². The van der Waals surface area contributed by atoms with E-state index in [-0.39, 0.29) is 0 Å². The zero-order chi connectivity index (χ0) is 16.8. The summed E-state index contributed by atoms with van der Waals surface area (Å²) in [5, 5.41) is 3.29. The van der Waals surface area contributed by atoms with E-state index in [2.05, 4.69) is 43.9 Å². The summed E-state index contributed by atoms with van der Waals surface area (Å²) in [7, 11) is 0. The van der Waals surface area contributed by atoms with Crippen LogP contribution in [0, 0.1) is 13.8 Å². The SMILES string of the molecule is C=Cc1ccc(NC(=S)CC)c(COc2ccc(C)cc2C)c1. The molecule has 2 rings (SSSR count). The van der Waals surface area contributed by atoms with E-state index in [0.717, 1.165) is 39.5 Å². The van der Waals surface area contributed by atoms with Gasteiger partial charge in [-0.3, -0.25) is 0 Å².